The Morgan fingerprint density at radius 2 is 1.72 bits per heavy atom. The van der Waals surface area contributed by atoms with Crippen molar-refractivity contribution in [3.8, 4) is 0 Å². The molecule has 0 aliphatic carbocycles. The highest BCUT2D eigenvalue weighted by atomic mass is 32.2. The lowest BCUT2D eigenvalue weighted by molar-refractivity contribution is 0.519. The van der Waals surface area contributed by atoms with Crippen molar-refractivity contribution in [2.75, 3.05) is 17.6 Å². The first-order chi connectivity index (χ1) is 8.80. The molecule has 1 rings (SSSR count). The normalized spacial score (nSPS) is 10.9. The van der Waals surface area contributed by atoms with Crippen LogP contribution in [-0.2, 0) is 5.75 Å². The molecule has 0 heterocycles. The molecule has 1 nitrogen and oxygen atoms in total. The van der Waals surface area contributed by atoms with Crippen LogP contribution in [0.15, 0.2) is 24.3 Å². The third kappa shape index (κ3) is 5.81. The second-order valence-electron chi connectivity index (χ2n) is 4.81. The lowest BCUT2D eigenvalue weighted by Gasteiger charge is -2.14. The van der Waals surface area contributed by atoms with Crippen LogP contribution < -0.4 is 5.32 Å². The molecule has 0 atom stereocenters. The predicted octanol–water partition coefficient (Wildman–Crippen LogP) is 5.18. The minimum atomic E-state index is 0.796. The van der Waals surface area contributed by atoms with Gasteiger partial charge in [0.2, 0.25) is 0 Å². The van der Waals surface area contributed by atoms with E-state index >= 15 is 0 Å². The SMILES string of the molecule is CCCSCc1ccc(NCC(CC)CC)cc1. The fraction of sp³-hybridized carbons (Fsp3) is 0.625. The monoisotopic (exact) mass is 265 g/mol. The molecule has 0 aliphatic heterocycles. The van der Waals surface area contributed by atoms with E-state index in [9.17, 15) is 0 Å². The van der Waals surface area contributed by atoms with Gasteiger partial charge in [0.05, 0.1) is 0 Å². The van der Waals surface area contributed by atoms with Gasteiger partial charge in [0, 0.05) is 18.0 Å². The zero-order chi connectivity index (χ0) is 13.2. The number of hydrogen-bond donors (Lipinski definition) is 1. The van der Waals surface area contributed by atoms with Crippen molar-refractivity contribution < 1.29 is 0 Å². The van der Waals surface area contributed by atoms with Gasteiger partial charge in [-0.1, -0.05) is 45.7 Å². The van der Waals surface area contributed by atoms with Crippen LogP contribution in [0.1, 0.15) is 45.6 Å². The lowest BCUT2D eigenvalue weighted by atomic mass is 10.0. The summed E-state index contributed by atoms with van der Waals surface area (Å²) in [7, 11) is 0. The largest absolute Gasteiger partial charge is 0.385 e. The third-order valence-electron chi connectivity index (χ3n) is 3.32. The van der Waals surface area contributed by atoms with Gasteiger partial charge in [-0.2, -0.15) is 11.8 Å². The second-order valence-corrected chi connectivity index (χ2v) is 5.92. The van der Waals surface area contributed by atoms with Crippen molar-refractivity contribution >= 4 is 17.4 Å². The number of thioether (sulfide) groups is 1. The average Bonchev–Trinajstić information content (AvgIpc) is 2.42. The van der Waals surface area contributed by atoms with Gasteiger partial charge >= 0.3 is 0 Å². The molecule has 0 aliphatic rings. The van der Waals surface area contributed by atoms with Crippen LogP contribution >= 0.6 is 11.8 Å². The molecular formula is C16H27NS. The quantitative estimate of drug-likeness (QED) is 0.618. The van der Waals surface area contributed by atoms with Crippen LogP contribution in [0, 0.1) is 5.92 Å². The van der Waals surface area contributed by atoms with Gasteiger partial charge in [-0.25, -0.2) is 0 Å². The Kier molecular flexibility index (Phi) is 7.99. The minimum Gasteiger partial charge on any atom is -0.385 e. The highest BCUT2D eigenvalue weighted by Gasteiger charge is 2.02. The number of rotatable bonds is 9. The highest BCUT2D eigenvalue weighted by molar-refractivity contribution is 7.98. The lowest BCUT2D eigenvalue weighted by Crippen LogP contribution is -2.12. The molecule has 1 aromatic carbocycles. The maximum Gasteiger partial charge on any atom is 0.0340 e. The molecule has 1 N–H and O–H groups in total. The molecule has 0 aromatic heterocycles. The summed E-state index contributed by atoms with van der Waals surface area (Å²) in [6.07, 6.45) is 3.78. The van der Waals surface area contributed by atoms with E-state index < -0.39 is 0 Å². The topological polar surface area (TPSA) is 12.0 Å². The van der Waals surface area contributed by atoms with Gasteiger partial charge < -0.3 is 5.32 Å². The Morgan fingerprint density at radius 3 is 2.28 bits per heavy atom. The van der Waals surface area contributed by atoms with Crippen LogP contribution in [0.25, 0.3) is 0 Å². The number of nitrogens with one attached hydrogen (secondary N) is 1. The van der Waals surface area contributed by atoms with Gasteiger partial charge in [-0.15, -0.1) is 0 Å². The zero-order valence-electron chi connectivity index (χ0n) is 12.0. The molecule has 18 heavy (non-hydrogen) atoms. The molecule has 0 saturated carbocycles. The van der Waals surface area contributed by atoms with E-state index in [0.29, 0.717) is 0 Å². The highest BCUT2D eigenvalue weighted by Crippen LogP contribution is 2.17. The molecule has 0 fully saturated rings. The van der Waals surface area contributed by atoms with Crippen molar-refractivity contribution in [3.05, 3.63) is 29.8 Å². The first-order valence-electron chi connectivity index (χ1n) is 7.20. The summed E-state index contributed by atoms with van der Waals surface area (Å²) in [6.45, 7) is 7.86. The maximum absolute atomic E-state index is 3.53. The summed E-state index contributed by atoms with van der Waals surface area (Å²) >= 11 is 2.02. The third-order valence-corrected chi connectivity index (χ3v) is 4.56. The first kappa shape index (κ1) is 15.4. The van der Waals surface area contributed by atoms with E-state index in [1.807, 2.05) is 11.8 Å². The Morgan fingerprint density at radius 1 is 1.06 bits per heavy atom. The average molecular weight is 265 g/mol. The van der Waals surface area contributed by atoms with Crippen molar-refractivity contribution in [3.63, 3.8) is 0 Å². The molecule has 2 heteroatoms. The summed E-state index contributed by atoms with van der Waals surface area (Å²) in [6, 6.07) is 8.92. The summed E-state index contributed by atoms with van der Waals surface area (Å²) in [5.41, 5.74) is 2.69. The van der Waals surface area contributed by atoms with E-state index in [1.165, 1.54) is 36.3 Å². The molecule has 102 valence electrons. The van der Waals surface area contributed by atoms with E-state index in [-0.39, 0.29) is 0 Å². The number of hydrogen-bond acceptors (Lipinski definition) is 2. The van der Waals surface area contributed by atoms with Crippen molar-refractivity contribution in [2.45, 2.75) is 45.8 Å². The van der Waals surface area contributed by atoms with Crippen LogP contribution in [-0.4, -0.2) is 12.3 Å². The van der Waals surface area contributed by atoms with Crippen LogP contribution in [0.4, 0.5) is 5.69 Å². The molecule has 0 unspecified atom stereocenters. The molecule has 0 spiro atoms. The van der Waals surface area contributed by atoms with E-state index in [2.05, 4.69) is 50.4 Å². The molecular weight excluding hydrogens is 238 g/mol. The van der Waals surface area contributed by atoms with Crippen molar-refractivity contribution in [2.24, 2.45) is 5.92 Å². The maximum atomic E-state index is 3.53. The Hall–Kier alpha value is -0.630. The molecule has 0 saturated heterocycles. The standard InChI is InChI=1S/C16H27NS/c1-4-11-18-13-15-7-9-16(10-8-15)17-12-14(5-2)6-3/h7-10,14,17H,4-6,11-13H2,1-3H3. The van der Waals surface area contributed by atoms with E-state index in [4.69, 9.17) is 0 Å². The molecule has 0 radical (unpaired) electrons. The fourth-order valence-electron chi connectivity index (χ4n) is 1.89. The summed E-state index contributed by atoms with van der Waals surface area (Å²) in [4.78, 5) is 0. The fourth-order valence-corrected chi connectivity index (χ4v) is 2.75. The Labute approximate surface area is 117 Å². The predicted molar refractivity (Wildman–Crippen MR) is 85.5 cm³/mol. The Bertz CT molecular complexity index is 303. The van der Waals surface area contributed by atoms with Crippen LogP contribution in [0.5, 0.6) is 0 Å². The van der Waals surface area contributed by atoms with Gasteiger partial charge in [0.1, 0.15) is 0 Å². The zero-order valence-corrected chi connectivity index (χ0v) is 12.9. The van der Waals surface area contributed by atoms with Gasteiger partial charge in [-0.05, 0) is 35.8 Å². The summed E-state index contributed by atoms with van der Waals surface area (Å²) in [5, 5.41) is 3.53. The molecule has 0 amide bonds. The minimum absolute atomic E-state index is 0.796. The van der Waals surface area contributed by atoms with Gasteiger partial charge in [0.15, 0.2) is 0 Å². The molecule has 0 bridgehead atoms. The van der Waals surface area contributed by atoms with Crippen LogP contribution in [0.3, 0.4) is 0 Å². The van der Waals surface area contributed by atoms with Crippen molar-refractivity contribution in [1.82, 2.24) is 0 Å². The van der Waals surface area contributed by atoms with Crippen LogP contribution in [0.2, 0.25) is 0 Å². The Balaban J connectivity index is 2.35. The summed E-state index contributed by atoms with van der Waals surface area (Å²) in [5.74, 6) is 3.19. The second kappa shape index (κ2) is 9.32. The summed E-state index contributed by atoms with van der Waals surface area (Å²) < 4.78 is 0. The van der Waals surface area contributed by atoms with Gasteiger partial charge in [0.25, 0.3) is 0 Å². The van der Waals surface area contributed by atoms with Gasteiger partial charge in [-0.3, -0.25) is 0 Å². The number of anilines is 1. The smallest absolute Gasteiger partial charge is 0.0340 e. The molecule has 1 aromatic rings. The van der Waals surface area contributed by atoms with E-state index in [1.54, 1.807) is 0 Å². The number of benzene rings is 1. The van der Waals surface area contributed by atoms with Crippen molar-refractivity contribution in [1.29, 1.82) is 0 Å². The first-order valence-corrected chi connectivity index (χ1v) is 8.36. The van der Waals surface area contributed by atoms with E-state index in [0.717, 1.165) is 18.2 Å².